The van der Waals surface area contributed by atoms with Crippen molar-refractivity contribution in [3.8, 4) is 17.3 Å². The van der Waals surface area contributed by atoms with E-state index >= 15 is 0 Å². The van der Waals surface area contributed by atoms with Crippen molar-refractivity contribution in [3.63, 3.8) is 0 Å². The van der Waals surface area contributed by atoms with E-state index in [9.17, 15) is 14.4 Å². The Bertz CT molecular complexity index is 884. The first-order valence-electron chi connectivity index (χ1n) is 7.85. The molecule has 1 fully saturated rings. The normalized spacial score (nSPS) is 15.2. The molecule has 0 bridgehead atoms. The highest BCUT2D eigenvalue weighted by Gasteiger charge is 2.19. The van der Waals surface area contributed by atoms with Gasteiger partial charge < -0.3 is 14.8 Å². The van der Waals surface area contributed by atoms with Crippen LogP contribution in [0.3, 0.4) is 0 Å². The Hall–Kier alpha value is -2.37. The summed E-state index contributed by atoms with van der Waals surface area (Å²) < 4.78 is 14.7. The van der Waals surface area contributed by atoms with E-state index in [1.807, 2.05) is 12.1 Å². The second-order valence-corrected chi connectivity index (χ2v) is 6.66. The molecule has 1 N–H and O–H groups in total. The molecule has 0 aliphatic carbocycles. The van der Waals surface area contributed by atoms with Gasteiger partial charge in [0.05, 0.1) is 5.69 Å². The molecule has 1 aliphatic rings. The summed E-state index contributed by atoms with van der Waals surface area (Å²) in [6, 6.07) is 6.68. The number of piperazine rings is 1. The lowest BCUT2D eigenvalue weighted by Crippen LogP contribution is -2.44. The minimum absolute atomic E-state index is 0.0815. The van der Waals surface area contributed by atoms with Gasteiger partial charge in [-0.2, -0.15) is 5.26 Å². The van der Waals surface area contributed by atoms with Gasteiger partial charge in [0.2, 0.25) is 0 Å². The van der Waals surface area contributed by atoms with Gasteiger partial charge in [-0.15, -0.1) is 0 Å². The van der Waals surface area contributed by atoms with Gasteiger partial charge in [-0.1, -0.05) is 11.8 Å². The molecule has 0 amide bonds. The second kappa shape index (κ2) is 7.25. The van der Waals surface area contributed by atoms with Crippen LogP contribution in [0.2, 0.25) is 0 Å². The zero-order valence-corrected chi connectivity index (χ0v) is 14.9. The molecule has 1 aliphatic heterocycles. The Morgan fingerprint density at radius 2 is 2.04 bits per heavy atom. The first kappa shape index (κ1) is 17.5. The van der Waals surface area contributed by atoms with Gasteiger partial charge in [-0.05, 0) is 31.5 Å². The molecule has 0 unspecified atom stereocenters. The Labute approximate surface area is 149 Å². The molecule has 6 nitrogen and oxygen atoms in total. The Morgan fingerprint density at radius 3 is 2.64 bits per heavy atom. The van der Waals surface area contributed by atoms with Crippen molar-refractivity contribution in [1.82, 2.24) is 14.9 Å². The smallest absolute Gasteiger partial charge is 0.270 e. The molecule has 25 heavy (non-hydrogen) atoms. The summed E-state index contributed by atoms with van der Waals surface area (Å²) >= 11 is 1.23. The van der Waals surface area contributed by atoms with Gasteiger partial charge in [0.1, 0.15) is 17.4 Å². The van der Waals surface area contributed by atoms with Crippen LogP contribution in [0.1, 0.15) is 5.56 Å². The van der Waals surface area contributed by atoms with Crippen molar-refractivity contribution < 1.29 is 4.39 Å². The minimum Gasteiger partial charge on any atom is -0.369 e. The van der Waals surface area contributed by atoms with E-state index in [-0.39, 0.29) is 16.8 Å². The van der Waals surface area contributed by atoms with Crippen molar-refractivity contribution in [1.29, 1.82) is 5.26 Å². The van der Waals surface area contributed by atoms with E-state index < -0.39 is 11.4 Å². The maximum absolute atomic E-state index is 14.7. The zero-order chi connectivity index (χ0) is 18.0. The number of nitrogens with one attached hydrogen (secondary N) is 1. The van der Waals surface area contributed by atoms with Crippen LogP contribution in [0.4, 0.5) is 10.1 Å². The van der Waals surface area contributed by atoms with Crippen molar-refractivity contribution in [3.05, 3.63) is 39.9 Å². The summed E-state index contributed by atoms with van der Waals surface area (Å²) in [5.41, 5.74) is 0.306. The molecular weight excluding hydrogens is 341 g/mol. The van der Waals surface area contributed by atoms with Crippen molar-refractivity contribution in [2.75, 3.05) is 44.4 Å². The number of benzene rings is 1. The van der Waals surface area contributed by atoms with Crippen LogP contribution >= 0.6 is 11.8 Å². The number of aromatic amines is 1. The first-order chi connectivity index (χ1) is 12.0. The van der Waals surface area contributed by atoms with E-state index in [1.54, 1.807) is 12.3 Å². The molecular formula is C17H18FN5OS. The van der Waals surface area contributed by atoms with Gasteiger partial charge >= 0.3 is 0 Å². The Balaban J connectivity index is 2.01. The monoisotopic (exact) mass is 359 g/mol. The second-order valence-electron chi connectivity index (χ2n) is 5.87. The topological polar surface area (TPSA) is 76.0 Å². The predicted molar refractivity (Wildman–Crippen MR) is 96.5 cm³/mol. The molecule has 0 radical (unpaired) electrons. The third-order valence-electron chi connectivity index (χ3n) is 4.28. The molecule has 3 rings (SSSR count). The summed E-state index contributed by atoms with van der Waals surface area (Å²) in [5, 5.41) is 9.59. The number of hydrogen-bond acceptors (Lipinski definition) is 6. The fraction of sp³-hybridized carbons (Fsp3) is 0.353. The number of hydrogen-bond donors (Lipinski definition) is 1. The van der Waals surface area contributed by atoms with Crippen LogP contribution in [-0.2, 0) is 0 Å². The Kier molecular flexibility index (Phi) is 5.06. The number of thioether (sulfide) groups is 1. The van der Waals surface area contributed by atoms with Crippen molar-refractivity contribution in [2.45, 2.75) is 5.16 Å². The SMILES string of the molecule is CSc1nc(-c2ccc(N3CCN(C)CC3)cc2F)c(C#N)c(=O)[nH]1. The van der Waals surface area contributed by atoms with Gasteiger partial charge in [-0.25, -0.2) is 9.37 Å². The maximum atomic E-state index is 14.7. The standard InChI is InChI=1S/C17H18FN5OS/c1-22-5-7-23(8-6-22)11-3-4-12(14(18)9-11)15-13(10-19)16(24)21-17(20-15)25-2/h3-4,9H,5-8H2,1-2H3,(H,20,21,24). The lowest BCUT2D eigenvalue weighted by molar-refractivity contribution is 0.313. The van der Waals surface area contributed by atoms with Gasteiger partial charge in [0, 0.05) is 37.4 Å². The van der Waals surface area contributed by atoms with Gasteiger partial charge in [0.15, 0.2) is 5.16 Å². The summed E-state index contributed by atoms with van der Waals surface area (Å²) in [5.74, 6) is -0.488. The minimum atomic E-state index is -0.556. The molecule has 1 aromatic carbocycles. The molecule has 0 atom stereocenters. The van der Waals surface area contributed by atoms with Crippen LogP contribution in [0, 0.1) is 17.1 Å². The molecule has 0 spiro atoms. The van der Waals surface area contributed by atoms with Gasteiger partial charge in [-0.3, -0.25) is 4.79 Å². The van der Waals surface area contributed by atoms with E-state index in [2.05, 4.69) is 26.8 Å². The Morgan fingerprint density at radius 1 is 1.32 bits per heavy atom. The van der Waals surface area contributed by atoms with E-state index in [4.69, 9.17) is 0 Å². The number of nitriles is 1. The lowest BCUT2D eigenvalue weighted by Gasteiger charge is -2.34. The number of nitrogens with zero attached hydrogens (tertiary/aromatic N) is 4. The fourth-order valence-electron chi connectivity index (χ4n) is 2.81. The molecule has 2 heterocycles. The average molecular weight is 359 g/mol. The molecule has 130 valence electrons. The van der Waals surface area contributed by atoms with Crippen LogP contribution < -0.4 is 10.5 Å². The molecule has 1 saturated heterocycles. The van der Waals surface area contributed by atoms with Crippen LogP contribution in [0.25, 0.3) is 11.3 Å². The zero-order valence-electron chi connectivity index (χ0n) is 14.0. The van der Waals surface area contributed by atoms with E-state index in [1.165, 1.54) is 17.8 Å². The number of H-pyrrole nitrogens is 1. The highest BCUT2D eigenvalue weighted by atomic mass is 32.2. The van der Waals surface area contributed by atoms with Crippen LogP contribution in [0.5, 0.6) is 0 Å². The number of rotatable bonds is 3. The maximum Gasteiger partial charge on any atom is 0.270 e. The third kappa shape index (κ3) is 3.52. The van der Waals surface area contributed by atoms with Crippen molar-refractivity contribution in [2.24, 2.45) is 0 Å². The lowest BCUT2D eigenvalue weighted by atomic mass is 10.1. The quantitative estimate of drug-likeness (QED) is 0.667. The average Bonchev–Trinajstić information content (AvgIpc) is 2.61. The predicted octanol–water partition coefficient (Wildman–Crippen LogP) is 1.92. The van der Waals surface area contributed by atoms with Crippen LogP contribution in [0.15, 0.2) is 28.2 Å². The summed E-state index contributed by atoms with van der Waals surface area (Å²) in [6.07, 6.45) is 1.75. The van der Waals surface area contributed by atoms with E-state index in [0.717, 1.165) is 31.9 Å². The van der Waals surface area contributed by atoms with Gasteiger partial charge in [0.25, 0.3) is 5.56 Å². The number of likely N-dealkylation sites (N-methyl/N-ethyl adjacent to an activating group) is 1. The largest absolute Gasteiger partial charge is 0.369 e. The first-order valence-corrected chi connectivity index (χ1v) is 9.07. The summed E-state index contributed by atoms with van der Waals surface area (Å²) in [6.45, 7) is 3.51. The van der Waals surface area contributed by atoms with Crippen LogP contribution in [-0.4, -0.2) is 54.4 Å². The third-order valence-corrected chi connectivity index (χ3v) is 4.86. The van der Waals surface area contributed by atoms with E-state index in [0.29, 0.717) is 5.16 Å². The molecule has 8 heteroatoms. The van der Waals surface area contributed by atoms with Crippen molar-refractivity contribution >= 4 is 17.4 Å². The highest BCUT2D eigenvalue weighted by molar-refractivity contribution is 7.98. The molecule has 1 aromatic heterocycles. The number of aromatic nitrogens is 2. The number of anilines is 1. The molecule has 2 aromatic rings. The molecule has 0 saturated carbocycles. The highest BCUT2D eigenvalue weighted by Crippen LogP contribution is 2.28. The number of halogens is 1. The fourth-order valence-corrected chi connectivity index (χ4v) is 3.18. The summed E-state index contributed by atoms with van der Waals surface area (Å²) in [4.78, 5) is 23.1. The summed E-state index contributed by atoms with van der Waals surface area (Å²) in [7, 11) is 2.06.